The number of alkyl halides is 3. The highest BCUT2D eigenvalue weighted by Gasteiger charge is 2.49. The molecule has 0 spiro atoms. The number of hydrogen-bond acceptors (Lipinski definition) is 7. The number of aliphatic carboxylic acids is 1. The molecule has 1 amide bonds. The van der Waals surface area contributed by atoms with E-state index in [1.165, 1.54) is 12.8 Å². The summed E-state index contributed by atoms with van der Waals surface area (Å²) >= 11 is 0. The van der Waals surface area contributed by atoms with Crippen LogP contribution in [0.5, 0.6) is 0 Å². The number of nitrogens with zero attached hydrogens (tertiary/aromatic N) is 3. The van der Waals surface area contributed by atoms with Gasteiger partial charge in [0.15, 0.2) is 9.84 Å². The Kier molecular flexibility index (Phi) is 6.27. The van der Waals surface area contributed by atoms with E-state index < -0.39 is 27.2 Å². The number of sulfone groups is 1. The van der Waals surface area contributed by atoms with Crippen LogP contribution in [0, 0.1) is 11.8 Å². The van der Waals surface area contributed by atoms with Gasteiger partial charge in [-0.25, -0.2) is 23.2 Å². The summed E-state index contributed by atoms with van der Waals surface area (Å²) in [5, 5.41) is 9.87. The molecule has 2 aliphatic carbocycles. The molecule has 1 aromatic rings. The molecule has 3 heterocycles. The number of anilines is 1. The summed E-state index contributed by atoms with van der Waals surface area (Å²) in [6, 6.07) is 0. The Morgan fingerprint density at radius 1 is 1.15 bits per heavy atom. The van der Waals surface area contributed by atoms with Gasteiger partial charge in [0.2, 0.25) is 11.9 Å². The lowest BCUT2D eigenvalue weighted by molar-refractivity contribution is -0.192. The predicted octanol–water partition coefficient (Wildman–Crippen LogP) is 1.95. The van der Waals surface area contributed by atoms with E-state index in [0.29, 0.717) is 42.9 Å². The Morgan fingerprint density at radius 2 is 1.79 bits per heavy atom. The van der Waals surface area contributed by atoms with Crippen LogP contribution in [-0.2, 0) is 25.2 Å². The van der Waals surface area contributed by atoms with Gasteiger partial charge in [-0.3, -0.25) is 4.79 Å². The topological polar surface area (TPSA) is 130 Å². The zero-order valence-corrected chi connectivity index (χ0v) is 18.5. The molecule has 1 aromatic heterocycles. The van der Waals surface area contributed by atoms with Gasteiger partial charge in [0.1, 0.15) is 0 Å². The van der Waals surface area contributed by atoms with E-state index >= 15 is 0 Å². The normalized spacial score (nSPS) is 25.4. The van der Waals surface area contributed by atoms with Crippen molar-refractivity contribution < 1.29 is 36.3 Å². The first-order chi connectivity index (χ1) is 15.4. The second-order valence-corrected chi connectivity index (χ2v) is 11.3. The highest BCUT2D eigenvalue weighted by Crippen LogP contribution is 2.41. The number of likely N-dealkylation sites (tertiary alicyclic amines) is 1. The van der Waals surface area contributed by atoms with Gasteiger partial charge in [-0.15, -0.1) is 0 Å². The van der Waals surface area contributed by atoms with E-state index in [0.717, 1.165) is 25.1 Å². The molecular weight excluding hydrogens is 465 g/mol. The second kappa shape index (κ2) is 8.73. The SMILES string of the molecule is O=C(CC1CC1)N1C[C@@H]2c3nc(NCC4CC4)ncc3CS(=O)(=O)[C@@H]2C1.O=C(O)C(F)(F)F. The van der Waals surface area contributed by atoms with Gasteiger partial charge in [0.05, 0.1) is 16.7 Å². The molecule has 3 fully saturated rings. The van der Waals surface area contributed by atoms with Gasteiger partial charge in [-0.1, -0.05) is 0 Å². The van der Waals surface area contributed by atoms with Crippen LogP contribution in [0.4, 0.5) is 19.1 Å². The van der Waals surface area contributed by atoms with Crippen molar-refractivity contribution >= 4 is 27.7 Å². The first-order valence-electron chi connectivity index (χ1n) is 10.8. The van der Waals surface area contributed by atoms with Gasteiger partial charge >= 0.3 is 12.1 Å². The monoisotopic (exact) mass is 490 g/mol. The number of fused-ring (bicyclic) bond motifs is 3. The minimum atomic E-state index is -5.08. The summed E-state index contributed by atoms with van der Waals surface area (Å²) < 4.78 is 57.2. The number of carbonyl (C=O) groups is 2. The summed E-state index contributed by atoms with van der Waals surface area (Å²) in [7, 11) is -3.28. The fourth-order valence-electron chi connectivity index (χ4n) is 4.12. The standard InChI is InChI=1S/C18H24N4O3S.C2HF3O2/c23-16(5-11-1-2-11)22-8-14-15(9-22)26(24,25)10-13-7-20-18(21-17(13)14)19-6-12-3-4-12;3-2(4,5)1(6)7/h7,11-12,14-15H,1-6,8-10H2,(H,19,20,21);(H,6,7)/t14-,15+;/m0./s1. The van der Waals surface area contributed by atoms with Crippen LogP contribution >= 0.6 is 0 Å². The number of carboxylic acids is 1. The van der Waals surface area contributed by atoms with Crippen LogP contribution in [0.2, 0.25) is 0 Å². The molecular formula is C20H25F3N4O5S. The number of rotatable bonds is 5. The van der Waals surface area contributed by atoms with E-state index in [9.17, 15) is 26.4 Å². The molecule has 5 rings (SSSR count). The van der Waals surface area contributed by atoms with Crippen LogP contribution < -0.4 is 5.32 Å². The maximum atomic E-state index is 12.7. The lowest BCUT2D eigenvalue weighted by Crippen LogP contribution is -2.35. The van der Waals surface area contributed by atoms with E-state index in [1.807, 2.05) is 0 Å². The van der Waals surface area contributed by atoms with E-state index in [4.69, 9.17) is 9.90 Å². The average molecular weight is 491 g/mol. The molecule has 4 aliphatic rings. The molecule has 2 saturated carbocycles. The molecule has 2 N–H and O–H groups in total. The molecule has 2 aliphatic heterocycles. The zero-order valence-electron chi connectivity index (χ0n) is 17.7. The number of aromatic nitrogens is 2. The van der Waals surface area contributed by atoms with E-state index in [2.05, 4.69) is 15.3 Å². The van der Waals surface area contributed by atoms with Gasteiger partial charge in [0.25, 0.3) is 0 Å². The average Bonchev–Trinajstić information content (AvgIpc) is 3.65. The number of carboxylic acid groups (broad SMARTS) is 1. The smallest absolute Gasteiger partial charge is 0.475 e. The van der Waals surface area contributed by atoms with Crippen LogP contribution in [0.15, 0.2) is 6.20 Å². The van der Waals surface area contributed by atoms with Crippen molar-refractivity contribution in [2.24, 2.45) is 11.8 Å². The van der Waals surface area contributed by atoms with Crippen molar-refractivity contribution in [2.45, 2.75) is 55.2 Å². The summed E-state index contributed by atoms with van der Waals surface area (Å²) in [5.74, 6) is -1.10. The van der Waals surface area contributed by atoms with Gasteiger partial charge in [0, 0.05) is 43.7 Å². The Bertz CT molecular complexity index is 1040. The van der Waals surface area contributed by atoms with Gasteiger partial charge < -0.3 is 15.3 Å². The first-order valence-corrected chi connectivity index (χ1v) is 12.5. The highest BCUT2D eigenvalue weighted by molar-refractivity contribution is 7.91. The summed E-state index contributed by atoms with van der Waals surface area (Å²) in [5.41, 5.74) is 1.51. The highest BCUT2D eigenvalue weighted by atomic mass is 32.2. The molecule has 33 heavy (non-hydrogen) atoms. The summed E-state index contributed by atoms with van der Waals surface area (Å²) in [4.78, 5) is 32.1. The molecule has 13 heteroatoms. The number of amides is 1. The minimum absolute atomic E-state index is 0.0168. The fourth-order valence-corrected chi connectivity index (χ4v) is 6.11. The fraction of sp³-hybridized carbons (Fsp3) is 0.700. The number of halogens is 3. The third kappa shape index (κ3) is 5.74. The molecule has 182 valence electrons. The molecule has 0 unspecified atom stereocenters. The van der Waals surface area contributed by atoms with Crippen molar-refractivity contribution in [3.05, 3.63) is 17.5 Å². The third-order valence-corrected chi connectivity index (χ3v) is 8.45. The Labute approximate surface area is 188 Å². The van der Waals surface area contributed by atoms with Crippen LogP contribution in [0.25, 0.3) is 0 Å². The molecule has 0 bridgehead atoms. The van der Waals surface area contributed by atoms with Crippen LogP contribution in [-0.4, -0.2) is 71.3 Å². The number of nitrogens with one attached hydrogen (secondary N) is 1. The Hall–Kier alpha value is -2.44. The molecule has 0 aromatic carbocycles. The summed E-state index contributed by atoms with van der Waals surface area (Å²) in [6.45, 7) is 1.64. The van der Waals surface area contributed by atoms with Crippen LogP contribution in [0.1, 0.15) is 49.3 Å². The molecule has 0 radical (unpaired) electrons. The van der Waals surface area contributed by atoms with Crippen molar-refractivity contribution in [2.75, 3.05) is 25.0 Å². The van der Waals surface area contributed by atoms with Crippen molar-refractivity contribution in [1.29, 1.82) is 0 Å². The third-order valence-electron chi connectivity index (χ3n) is 6.33. The molecule has 9 nitrogen and oxygen atoms in total. The molecule has 1 saturated heterocycles. The van der Waals surface area contributed by atoms with Crippen molar-refractivity contribution in [1.82, 2.24) is 14.9 Å². The van der Waals surface area contributed by atoms with Crippen LogP contribution in [0.3, 0.4) is 0 Å². The maximum Gasteiger partial charge on any atom is 0.490 e. The first kappa shape index (κ1) is 23.7. The lowest BCUT2D eigenvalue weighted by Gasteiger charge is -2.26. The minimum Gasteiger partial charge on any atom is -0.475 e. The van der Waals surface area contributed by atoms with Crippen molar-refractivity contribution in [3.63, 3.8) is 0 Å². The van der Waals surface area contributed by atoms with Gasteiger partial charge in [-0.05, 0) is 37.5 Å². The number of hydrogen-bond donors (Lipinski definition) is 2. The lowest BCUT2D eigenvalue weighted by atomic mass is 10.00. The predicted molar refractivity (Wildman–Crippen MR) is 110 cm³/mol. The Balaban J connectivity index is 0.000000325. The van der Waals surface area contributed by atoms with Gasteiger partial charge in [-0.2, -0.15) is 13.2 Å². The number of carbonyl (C=O) groups excluding carboxylic acids is 1. The molecule has 2 atom stereocenters. The quantitative estimate of drug-likeness (QED) is 0.641. The summed E-state index contributed by atoms with van der Waals surface area (Å²) in [6.07, 6.45) is 1.87. The van der Waals surface area contributed by atoms with Crippen molar-refractivity contribution in [3.8, 4) is 0 Å². The van der Waals surface area contributed by atoms with E-state index in [1.54, 1.807) is 11.1 Å². The maximum absolute atomic E-state index is 12.7. The Morgan fingerprint density at radius 3 is 2.36 bits per heavy atom. The second-order valence-electron chi connectivity index (χ2n) is 9.13. The zero-order chi connectivity index (χ0) is 24.0. The van der Waals surface area contributed by atoms with E-state index in [-0.39, 0.29) is 17.6 Å². The largest absolute Gasteiger partial charge is 0.490 e.